The van der Waals surface area contributed by atoms with Crippen molar-refractivity contribution in [1.82, 2.24) is 5.43 Å². The van der Waals surface area contributed by atoms with Gasteiger partial charge in [0.2, 0.25) is 11.8 Å². The first-order valence-corrected chi connectivity index (χ1v) is 14.5. The molecule has 6 nitrogen and oxygen atoms in total. The van der Waals surface area contributed by atoms with Crippen LogP contribution in [0, 0.1) is 11.8 Å². The zero-order valence-electron chi connectivity index (χ0n) is 21.2. The number of hydrazone groups is 1. The molecule has 2 bridgehead atoms. The number of rotatable bonds is 4. The van der Waals surface area contributed by atoms with Crippen molar-refractivity contribution < 1.29 is 14.4 Å². The normalized spacial score (nSPS) is 23.9. The Morgan fingerprint density at radius 1 is 0.878 bits per heavy atom. The number of carbonyl (C=O) groups is 3. The van der Waals surface area contributed by atoms with Gasteiger partial charge in [0.15, 0.2) is 0 Å². The van der Waals surface area contributed by atoms with Gasteiger partial charge in [0.25, 0.3) is 5.91 Å². The lowest BCUT2D eigenvalue weighted by Gasteiger charge is -2.52. The maximum atomic E-state index is 14.4. The van der Waals surface area contributed by atoms with Gasteiger partial charge < -0.3 is 0 Å². The van der Waals surface area contributed by atoms with E-state index in [9.17, 15) is 14.4 Å². The number of anilines is 1. The summed E-state index contributed by atoms with van der Waals surface area (Å²) in [4.78, 5) is 42.9. The molecule has 0 radical (unpaired) electrons. The minimum absolute atomic E-state index is 0.194. The van der Waals surface area contributed by atoms with Crippen molar-refractivity contribution in [1.29, 1.82) is 0 Å². The van der Waals surface area contributed by atoms with E-state index in [1.54, 1.807) is 24.4 Å². The van der Waals surface area contributed by atoms with Crippen LogP contribution in [0.4, 0.5) is 5.69 Å². The van der Waals surface area contributed by atoms with Gasteiger partial charge in [-0.1, -0.05) is 87.7 Å². The van der Waals surface area contributed by atoms with Crippen LogP contribution in [0.2, 0.25) is 10.0 Å². The summed E-state index contributed by atoms with van der Waals surface area (Å²) in [5.41, 5.74) is 5.96. The van der Waals surface area contributed by atoms with E-state index in [4.69, 9.17) is 23.2 Å². The van der Waals surface area contributed by atoms with Crippen LogP contribution < -0.4 is 10.3 Å². The van der Waals surface area contributed by atoms with E-state index >= 15 is 0 Å². The van der Waals surface area contributed by atoms with Crippen LogP contribution in [0.25, 0.3) is 0 Å². The first-order chi connectivity index (χ1) is 19.8. The maximum Gasteiger partial charge on any atom is 0.272 e. The quantitative estimate of drug-likeness (QED) is 0.152. The number of nitrogens with one attached hydrogen (secondary N) is 1. The average Bonchev–Trinajstić information content (AvgIpc) is 3.24. The van der Waals surface area contributed by atoms with Crippen LogP contribution in [0.5, 0.6) is 0 Å². The van der Waals surface area contributed by atoms with Crippen LogP contribution in [0.3, 0.4) is 0 Å². The van der Waals surface area contributed by atoms with Gasteiger partial charge in [0.05, 0.1) is 33.5 Å². The lowest BCUT2D eigenvalue weighted by atomic mass is 9.47. The first kappa shape index (κ1) is 26.1. The highest BCUT2D eigenvalue weighted by molar-refractivity contribution is 9.10. The van der Waals surface area contributed by atoms with Crippen molar-refractivity contribution in [3.05, 3.63) is 133 Å². The smallest absolute Gasteiger partial charge is 0.272 e. The molecule has 0 unspecified atom stereocenters. The number of amides is 3. The number of benzene rings is 4. The lowest BCUT2D eigenvalue weighted by Crippen LogP contribution is -2.54. The van der Waals surface area contributed by atoms with E-state index < -0.39 is 23.2 Å². The molecule has 0 saturated carbocycles. The Bertz CT molecular complexity index is 1760. The van der Waals surface area contributed by atoms with E-state index in [2.05, 4.69) is 26.5 Å². The second-order valence-corrected chi connectivity index (χ2v) is 12.1. The Kier molecular flexibility index (Phi) is 6.15. The van der Waals surface area contributed by atoms with Crippen LogP contribution in [0.1, 0.15) is 38.5 Å². The predicted octanol–water partition coefficient (Wildman–Crippen LogP) is 6.72. The van der Waals surface area contributed by atoms with Crippen molar-refractivity contribution in [2.24, 2.45) is 16.9 Å². The largest absolute Gasteiger partial charge is 0.274 e. The number of nitrogens with zero attached hydrogens (tertiary/aromatic N) is 2. The van der Waals surface area contributed by atoms with Crippen molar-refractivity contribution in [2.45, 2.75) is 11.3 Å². The minimum Gasteiger partial charge on any atom is -0.274 e. The molecule has 0 spiro atoms. The Morgan fingerprint density at radius 2 is 1.51 bits per heavy atom. The molecule has 1 saturated heterocycles. The van der Waals surface area contributed by atoms with Gasteiger partial charge >= 0.3 is 0 Å². The molecule has 202 valence electrons. The van der Waals surface area contributed by atoms with E-state index in [1.807, 2.05) is 60.7 Å². The summed E-state index contributed by atoms with van der Waals surface area (Å²) in [6, 6.07) is 27.5. The van der Waals surface area contributed by atoms with Crippen molar-refractivity contribution in [3.63, 3.8) is 0 Å². The van der Waals surface area contributed by atoms with E-state index in [0.717, 1.165) is 26.7 Å². The first-order valence-electron chi connectivity index (χ1n) is 12.9. The van der Waals surface area contributed by atoms with Gasteiger partial charge in [-0.2, -0.15) is 5.10 Å². The summed E-state index contributed by atoms with van der Waals surface area (Å²) >= 11 is 15.7. The fourth-order valence-electron chi connectivity index (χ4n) is 6.82. The summed E-state index contributed by atoms with van der Waals surface area (Å²) in [5.74, 6) is -2.74. The molecule has 4 aromatic rings. The van der Waals surface area contributed by atoms with Gasteiger partial charge in [0.1, 0.15) is 0 Å². The van der Waals surface area contributed by atoms with Crippen molar-refractivity contribution in [2.75, 3.05) is 4.90 Å². The van der Waals surface area contributed by atoms with E-state index in [0.29, 0.717) is 10.7 Å². The molecule has 3 aliphatic carbocycles. The van der Waals surface area contributed by atoms with Crippen molar-refractivity contribution >= 4 is 68.8 Å². The second kappa shape index (κ2) is 9.65. The predicted molar refractivity (Wildman–Crippen MR) is 162 cm³/mol. The van der Waals surface area contributed by atoms with Gasteiger partial charge in [0, 0.05) is 21.6 Å². The molecular weight excluding hydrogens is 625 g/mol. The summed E-state index contributed by atoms with van der Waals surface area (Å²) in [6.45, 7) is 0. The molecule has 41 heavy (non-hydrogen) atoms. The van der Waals surface area contributed by atoms with Gasteiger partial charge in [-0.3, -0.25) is 14.4 Å². The molecule has 4 aliphatic rings. The molecule has 1 heterocycles. The van der Waals surface area contributed by atoms with E-state index in [-0.39, 0.29) is 28.3 Å². The molecule has 1 N–H and O–H groups in total. The molecule has 0 aromatic heterocycles. The molecule has 1 aliphatic heterocycles. The number of hydrogen-bond donors (Lipinski definition) is 1. The molecule has 8 rings (SSSR count). The highest BCUT2D eigenvalue weighted by Crippen LogP contribution is 2.63. The highest BCUT2D eigenvalue weighted by atomic mass is 79.9. The Labute approximate surface area is 254 Å². The number of carbonyl (C=O) groups excluding carboxylic acids is 3. The minimum atomic E-state index is -1.10. The third-order valence-electron chi connectivity index (χ3n) is 8.38. The third-order valence-corrected chi connectivity index (χ3v) is 9.46. The van der Waals surface area contributed by atoms with Gasteiger partial charge in [-0.25, -0.2) is 10.3 Å². The summed E-state index contributed by atoms with van der Waals surface area (Å²) in [7, 11) is 0. The number of imide groups is 1. The maximum absolute atomic E-state index is 14.4. The fourth-order valence-corrected chi connectivity index (χ4v) is 7.58. The summed E-state index contributed by atoms with van der Waals surface area (Å²) < 4.78 is 0.845. The third kappa shape index (κ3) is 3.76. The Morgan fingerprint density at radius 3 is 2.15 bits per heavy atom. The fraction of sp³-hybridized carbons (Fsp3) is 0.125. The lowest BCUT2D eigenvalue weighted by molar-refractivity contribution is -0.122. The molecular formula is C32H20BrCl2N3O3. The molecule has 9 heteroatoms. The zero-order chi connectivity index (χ0) is 28.5. The Balaban J connectivity index is 1.39. The van der Waals surface area contributed by atoms with Crippen molar-refractivity contribution in [3.8, 4) is 0 Å². The summed E-state index contributed by atoms with van der Waals surface area (Å²) in [5, 5.41) is 5.03. The monoisotopic (exact) mass is 643 g/mol. The van der Waals surface area contributed by atoms with Crippen LogP contribution in [0.15, 0.2) is 101 Å². The van der Waals surface area contributed by atoms with Gasteiger partial charge in [-0.15, -0.1) is 0 Å². The molecule has 3 amide bonds. The highest BCUT2D eigenvalue weighted by Gasteiger charge is 2.68. The second-order valence-electron chi connectivity index (χ2n) is 10.3. The number of hydrogen-bond acceptors (Lipinski definition) is 4. The summed E-state index contributed by atoms with van der Waals surface area (Å²) in [6.07, 6.45) is 1.62. The molecule has 1 fully saturated rings. The standard InChI is InChI=1S/C32H20BrCl2N3O3/c33-17-9-12-19(13-10-17)38-30(40)27-26-20-5-1-3-7-23(20)32(28(27)31(38)41,24-8-4-2-6-21(24)26)16-36-37-29(39)22-14-11-18(34)15-25(22)35/h1-16,26-28H,(H,37,39)/b36-16+/t26?,27-,28+,32?/m1/s1. The average molecular weight is 645 g/mol. The Hall–Kier alpha value is -3.78. The molecule has 4 aromatic carbocycles. The number of halogens is 3. The molecule has 2 atom stereocenters. The topological polar surface area (TPSA) is 78.8 Å². The van der Waals surface area contributed by atoms with Gasteiger partial charge in [-0.05, 0) is 64.7 Å². The van der Waals surface area contributed by atoms with Crippen LogP contribution in [-0.2, 0) is 15.0 Å². The SMILES string of the molecule is O=C(N/N=C/C12c3ccccc3C(c3ccccc31)[C@H]1C(=O)N(c3ccc(Br)cc3)C(=O)[C@H]12)c1ccc(Cl)cc1Cl. The van der Waals surface area contributed by atoms with E-state index in [1.165, 1.54) is 17.0 Å². The zero-order valence-corrected chi connectivity index (χ0v) is 24.3. The van der Waals surface area contributed by atoms with Crippen LogP contribution in [-0.4, -0.2) is 23.9 Å². The van der Waals surface area contributed by atoms with Crippen LogP contribution >= 0.6 is 39.1 Å².